The minimum Gasteiger partial charge on any atom is -0.352 e. The summed E-state index contributed by atoms with van der Waals surface area (Å²) in [5.74, 6) is 1.53. The smallest absolute Gasteiger partial charge is 0.239 e. The van der Waals surface area contributed by atoms with Crippen LogP contribution in [0.3, 0.4) is 0 Å². The number of hydrogen-bond acceptors (Lipinski definition) is 7. The Morgan fingerprint density at radius 3 is 2.67 bits per heavy atom. The molecule has 4 aliphatic rings. The Bertz CT molecular complexity index is 570. The molecular weight excluding hydrogens is 378 g/mol. The summed E-state index contributed by atoms with van der Waals surface area (Å²) < 4.78 is 0. The number of nitrogens with zero attached hydrogens (tertiary/aromatic N) is 1. The Morgan fingerprint density at radius 1 is 1.07 bits per heavy atom. The lowest BCUT2D eigenvalue weighted by atomic mass is 9.82. The second-order valence-corrected chi connectivity index (χ2v) is 10.2. The Morgan fingerprint density at radius 2 is 1.93 bits per heavy atom. The normalized spacial score (nSPS) is 43.4. The number of nitrogens with one attached hydrogen (secondary N) is 6. The molecule has 0 bridgehead atoms. The summed E-state index contributed by atoms with van der Waals surface area (Å²) in [5, 5.41) is 20.2. The number of amides is 1. The van der Waals surface area contributed by atoms with Gasteiger partial charge in [0.25, 0.3) is 0 Å². The standard InChI is InChI=1S/C22H43N7O/c1-14-6-7-17(25-21(30)20-11-15(2)28-29(20)3)12-19(14)27-22-24-10-8-18(26-22)16-5-4-9-23-13-16/h14-20,22-24,26-28H,4-13H2,1-3H3,(H,25,30). The lowest BCUT2D eigenvalue weighted by Crippen LogP contribution is -2.66. The Kier molecular flexibility index (Phi) is 7.65. The van der Waals surface area contributed by atoms with E-state index in [4.69, 9.17) is 0 Å². The number of carbonyl (C=O) groups excluding carboxylic acids is 1. The fraction of sp³-hybridized carbons (Fsp3) is 0.955. The minimum absolute atomic E-state index is 0.0581. The van der Waals surface area contributed by atoms with Gasteiger partial charge in [0.1, 0.15) is 12.3 Å². The van der Waals surface area contributed by atoms with E-state index in [9.17, 15) is 4.79 Å². The molecule has 8 nitrogen and oxygen atoms in total. The second-order valence-electron chi connectivity index (χ2n) is 10.2. The van der Waals surface area contributed by atoms with Gasteiger partial charge in [0.05, 0.1) is 0 Å². The third-order valence-corrected chi connectivity index (χ3v) is 7.78. The van der Waals surface area contributed by atoms with E-state index in [0.717, 1.165) is 44.7 Å². The van der Waals surface area contributed by atoms with Gasteiger partial charge in [-0.1, -0.05) is 6.92 Å². The van der Waals surface area contributed by atoms with Gasteiger partial charge in [0.2, 0.25) is 5.91 Å². The summed E-state index contributed by atoms with van der Waals surface area (Å²) in [7, 11) is 1.97. The monoisotopic (exact) mass is 421 g/mol. The van der Waals surface area contributed by atoms with E-state index in [2.05, 4.69) is 45.9 Å². The predicted octanol–water partition coefficient (Wildman–Crippen LogP) is 0.0813. The zero-order chi connectivity index (χ0) is 21.1. The van der Waals surface area contributed by atoms with Crippen molar-refractivity contribution in [3.63, 3.8) is 0 Å². The molecule has 0 spiro atoms. The first-order valence-corrected chi connectivity index (χ1v) is 12.2. The highest BCUT2D eigenvalue weighted by Gasteiger charge is 2.36. The number of piperidine rings is 1. The largest absolute Gasteiger partial charge is 0.352 e. The van der Waals surface area contributed by atoms with Crippen LogP contribution in [0.2, 0.25) is 0 Å². The molecule has 4 rings (SSSR count). The van der Waals surface area contributed by atoms with Gasteiger partial charge in [-0.15, -0.1) is 0 Å². The number of hydrogen-bond donors (Lipinski definition) is 6. The molecule has 1 saturated carbocycles. The van der Waals surface area contributed by atoms with Gasteiger partial charge in [-0.2, -0.15) is 0 Å². The molecular formula is C22H43N7O. The van der Waals surface area contributed by atoms with Crippen molar-refractivity contribution in [3.05, 3.63) is 0 Å². The van der Waals surface area contributed by atoms with Gasteiger partial charge in [0.15, 0.2) is 0 Å². The van der Waals surface area contributed by atoms with Crippen LogP contribution in [0.4, 0.5) is 0 Å². The van der Waals surface area contributed by atoms with E-state index in [1.54, 1.807) is 0 Å². The van der Waals surface area contributed by atoms with E-state index in [1.807, 2.05) is 12.1 Å². The average Bonchev–Trinajstić information content (AvgIpc) is 3.09. The lowest BCUT2D eigenvalue weighted by molar-refractivity contribution is -0.126. The average molecular weight is 422 g/mol. The number of likely N-dealkylation sites (N-methyl/N-ethyl adjacent to an activating group) is 1. The highest BCUT2D eigenvalue weighted by atomic mass is 16.2. The summed E-state index contributed by atoms with van der Waals surface area (Å²) >= 11 is 0. The van der Waals surface area contributed by atoms with E-state index < -0.39 is 0 Å². The van der Waals surface area contributed by atoms with Gasteiger partial charge < -0.3 is 10.6 Å². The maximum absolute atomic E-state index is 12.8. The molecule has 8 atom stereocenters. The molecule has 3 saturated heterocycles. The number of hydrazine groups is 1. The van der Waals surface area contributed by atoms with Crippen LogP contribution >= 0.6 is 0 Å². The van der Waals surface area contributed by atoms with Crippen molar-refractivity contribution in [3.8, 4) is 0 Å². The van der Waals surface area contributed by atoms with Gasteiger partial charge in [-0.05, 0) is 83.3 Å². The summed E-state index contributed by atoms with van der Waals surface area (Å²) in [4.78, 5) is 12.8. The molecule has 30 heavy (non-hydrogen) atoms. The molecule has 8 heteroatoms. The van der Waals surface area contributed by atoms with Crippen LogP contribution in [-0.2, 0) is 4.79 Å². The maximum Gasteiger partial charge on any atom is 0.239 e. The van der Waals surface area contributed by atoms with Crippen molar-refractivity contribution in [2.24, 2.45) is 11.8 Å². The Balaban J connectivity index is 1.27. The van der Waals surface area contributed by atoms with Crippen molar-refractivity contribution in [2.75, 3.05) is 26.7 Å². The molecule has 6 N–H and O–H groups in total. The van der Waals surface area contributed by atoms with Gasteiger partial charge >= 0.3 is 0 Å². The Hall–Kier alpha value is -0.770. The van der Waals surface area contributed by atoms with Gasteiger partial charge in [-0.25, -0.2) is 5.01 Å². The van der Waals surface area contributed by atoms with E-state index >= 15 is 0 Å². The SMILES string of the molecule is CC1CC(C(=O)NC2CCC(C)C(NC3NCCC(C4CCCNC4)N3)C2)N(C)N1. The molecule has 0 aromatic rings. The number of rotatable bonds is 5. The molecule has 4 fully saturated rings. The Labute approximate surface area is 182 Å². The van der Waals surface area contributed by atoms with Crippen LogP contribution in [0.1, 0.15) is 58.8 Å². The van der Waals surface area contributed by atoms with E-state index in [1.165, 1.54) is 25.8 Å². The fourth-order valence-electron chi connectivity index (χ4n) is 5.90. The maximum atomic E-state index is 12.8. The molecule has 172 valence electrons. The van der Waals surface area contributed by atoms with Crippen LogP contribution in [0.15, 0.2) is 0 Å². The molecule has 3 heterocycles. The van der Waals surface area contributed by atoms with Crippen LogP contribution in [0.5, 0.6) is 0 Å². The summed E-state index contributed by atoms with van der Waals surface area (Å²) in [6.07, 6.45) is 8.09. The fourth-order valence-corrected chi connectivity index (χ4v) is 5.90. The lowest BCUT2D eigenvalue weighted by Gasteiger charge is -2.43. The first kappa shape index (κ1) is 22.4. The first-order valence-electron chi connectivity index (χ1n) is 12.2. The topological polar surface area (TPSA) is 92.5 Å². The molecule has 8 unspecified atom stereocenters. The number of carbonyl (C=O) groups is 1. The molecule has 1 amide bonds. The third-order valence-electron chi connectivity index (χ3n) is 7.78. The third kappa shape index (κ3) is 5.53. The van der Waals surface area contributed by atoms with Crippen LogP contribution in [0.25, 0.3) is 0 Å². The first-order chi connectivity index (χ1) is 14.5. The van der Waals surface area contributed by atoms with Crippen molar-refractivity contribution in [1.29, 1.82) is 0 Å². The summed E-state index contributed by atoms with van der Waals surface area (Å²) in [6, 6.07) is 1.56. The van der Waals surface area contributed by atoms with Crippen molar-refractivity contribution in [2.45, 2.75) is 95.3 Å². The highest BCUT2D eigenvalue weighted by Crippen LogP contribution is 2.26. The zero-order valence-electron chi connectivity index (χ0n) is 19.0. The van der Waals surface area contributed by atoms with Crippen molar-refractivity contribution in [1.82, 2.24) is 37.0 Å². The molecule has 3 aliphatic heterocycles. The minimum atomic E-state index is -0.0581. The molecule has 0 radical (unpaired) electrons. The van der Waals surface area contributed by atoms with Gasteiger partial charge in [0, 0.05) is 31.2 Å². The van der Waals surface area contributed by atoms with E-state index in [0.29, 0.717) is 24.0 Å². The van der Waals surface area contributed by atoms with Crippen molar-refractivity contribution >= 4 is 5.91 Å². The summed E-state index contributed by atoms with van der Waals surface area (Å²) in [6.45, 7) is 7.85. The van der Waals surface area contributed by atoms with Crippen LogP contribution < -0.4 is 32.0 Å². The second kappa shape index (κ2) is 10.2. The van der Waals surface area contributed by atoms with Crippen molar-refractivity contribution < 1.29 is 4.79 Å². The van der Waals surface area contributed by atoms with E-state index in [-0.39, 0.29) is 24.3 Å². The summed E-state index contributed by atoms with van der Waals surface area (Å²) in [5.41, 5.74) is 3.33. The van der Waals surface area contributed by atoms with Gasteiger partial charge in [-0.3, -0.25) is 26.2 Å². The predicted molar refractivity (Wildman–Crippen MR) is 120 cm³/mol. The van der Waals surface area contributed by atoms with Crippen LogP contribution in [-0.4, -0.2) is 74.1 Å². The van der Waals surface area contributed by atoms with Crippen LogP contribution in [0, 0.1) is 11.8 Å². The quantitative estimate of drug-likeness (QED) is 0.375. The zero-order valence-corrected chi connectivity index (χ0v) is 19.0. The molecule has 1 aliphatic carbocycles. The molecule has 0 aromatic heterocycles. The molecule has 0 aromatic carbocycles. The highest BCUT2D eigenvalue weighted by molar-refractivity contribution is 5.82.